The number of ether oxygens (including phenoxy) is 2. The summed E-state index contributed by atoms with van der Waals surface area (Å²) in [6.45, 7) is 1.81. The van der Waals surface area contributed by atoms with Crippen molar-refractivity contribution >= 4 is 11.7 Å². The summed E-state index contributed by atoms with van der Waals surface area (Å²) in [6.07, 6.45) is -3.64. The molecule has 0 bridgehead atoms. The lowest BCUT2D eigenvalue weighted by Crippen LogP contribution is -2.39. The Bertz CT molecular complexity index is 1700. The number of aryl methyl sites for hydroxylation is 1. The molecule has 5 aromatic rings. The number of hydrogen-bond donors (Lipinski definition) is 3. The van der Waals surface area contributed by atoms with Gasteiger partial charge < -0.3 is 25.0 Å². The molecule has 1 amide bonds. The SMILES string of the molecule is Cc1ccc(C(=O)Nc2ccn([C@@H]3O[C@H](COC(c4ccccc4)(c4ccccc4)c4ccccc4)[C@H](O)[C@H]3O)c(=O)n2)cc1. The predicted octanol–water partition coefficient (Wildman–Crippen LogP) is 4.43. The number of nitrogens with zero attached hydrogens (tertiary/aromatic N) is 2. The molecule has 1 aliphatic heterocycles. The molecule has 4 atom stereocenters. The van der Waals surface area contributed by atoms with E-state index in [2.05, 4.69) is 10.3 Å². The number of hydrogen-bond acceptors (Lipinski definition) is 7. The summed E-state index contributed by atoms with van der Waals surface area (Å²) in [7, 11) is 0. The number of carbonyl (C=O) groups is 1. The Morgan fingerprint density at radius 1 is 0.822 bits per heavy atom. The molecule has 0 saturated carbocycles. The molecule has 1 saturated heterocycles. The van der Waals surface area contributed by atoms with Gasteiger partial charge in [-0.1, -0.05) is 109 Å². The van der Waals surface area contributed by atoms with Crippen molar-refractivity contribution in [2.75, 3.05) is 11.9 Å². The van der Waals surface area contributed by atoms with Crippen molar-refractivity contribution in [2.45, 2.75) is 37.1 Å². The fraction of sp³-hybridized carbons (Fsp3) is 0.194. The van der Waals surface area contributed by atoms with Crippen molar-refractivity contribution in [3.63, 3.8) is 0 Å². The van der Waals surface area contributed by atoms with Crippen LogP contribution in [0.15, 0.2) is 132 Å². The summed E-state index contributed by atoms with van der Waals surface area (Å²) < 4.78 is 13.9. The Balaban J connectivity index is 1.25. The third-order valence-electron chi connectivity index (χ3n) is 8.00. The molecule has 0 aliphatic carbocycles. The molecule has 228 valence electrons. The molecule has 1 aliphatic rings. The number of aliphatic hydroxyl groups excluding tert-OH is 2. The van der Waals surface area contributed by atoms with Crippen LogP contribution in [0.25, 0.3) is 0 Å². The van der Waals surface area contributed by atoms with Crippen LogP contribution in [0.4, 0.5) is 5.82 Å². The van der Waals surface area contributed by atoms with Crippen LogP contribution in [0.5, 0.6) is 0 Å². The highest BCUT2D eigenvalue weighted by Crippen LogP contribution is 2.41. The summed E-state index contributed by atoms with van der Waals surface area (Å²) >= 11 is 0. The van der Waals surface area contributed by atoms with Crippen molar-refractivity contribution in [3.05, 3.63) is 166 Å². The van der Waals surface area contributed by atoms with Crippen LogP contribution < -0.4 is 11.0 Å². The minimum atomic E-state index is -1.44. The van der Waals surface area contributed by atoms with E-state index in [9.17, 15) is 19.8 Å². The highest BCUT2D eigenvalue weighted by Gasteiger charge is 2.46. The van der Waals surface area contributed by atoms with E-state index in [0.717, 1.165) is 26.8 Å². The minimum Gasteiger partial charge on any atom is -0.387 e. The van der Waals surface area contributed by atoms with E-state index < -0.39 is 41.7 Å². The average molecular weight is 604 g/mol. The first-order valence-corrected chi connectivity index (χ1v) is 14.7. The van der Waals surface area contributed by atoms with Crippen molar-refractivity contribution in [3.8, 4) is 0 Å². The summed E-state index contributed by atoms with van der Waals surface area (Å²) in [4.78, 5) is 29.6. The highest BCUT2D eigenvalue weighted by atomic mass is 16.6. The van der Waals surface area contributed by atoms with E-state index in [-0.39, 0.29) is 12.4 Å². The van der Waals surface area contributed by atoms with Gasteiger partial charge in [-0.3, -0.25) is 9.36 Å². The number of benzene rings is 4. The second-order valence-corrected chi connectivity index (χ2v) is 11.0. The lowest BCUT2D eigenvalue weighted by molar-refractivity contribution is -0.0958. The molecule has 3 N–H and O–H groups in total. The summed E-state index contributed by atoms with van der Waals surface area (Å²) in [5, 5.41) is 24.7. The minimum absolute atomic E-state index is 0.0492. The lowest BCUT2D eigenvalue weighted by atomic mass is 9.80. The number of rotatable bonds is 9. The maximum Gasteiger partial charge on any atom is 0.351 e. The molecule has 0 radical (unpaired) electrons. The smallest absolute Gasteiger partial charge is 0.351 e. The Labute approximate surface area is 260 Å². The Morgan fingerprint density at radius 2 is 1.36 bits per heavy atom. The second kappa shape index (κ2) is 13.0. The summed E-state index contributed by atoms with van der Waals surface area (Å²) in [6, 6.07) is 37.7. The van der Waals surface area contributed by atoms with E-state index >= 15 is 0 Å². The monoisotopic (exact) mass is 603 g/mol. The second-order valence-electron chi connectivity index (χ2n) is 11.0. The Kier molecular flexibility index (Phi) is 8.68. The predicted molar refractivity (Wildman–Crippen MR) is 169 cm³/mol. The first-order chi connectivity index (χ1) is 21.9. The molecule has 4 aromatic carbocycles. The molecule has 6 rings (SSSR count). The molecule has 1 aromatic heterocycles. The first kappa shape index (κ1) is 30.1. The normalized spacial score (nSPS) is 19.7. The Hall–Kier alpha value is -4.93. The van der Waals surface area contributed by atoms with Gasteiger partial charge in [-0.25, -0.2) is 4.79 Å². The number of aliphatic hydroxyl groups is 2. The summed E-state index contributed by atoms with van der Waals surface area (Å²) in [5.74, 6) is -0.365. The topological polar surface area (TPSA) is 123 Å². The van der Waals surface area contributed by atoms with E-state index in [1.54, 1.807) is 12.1 Å². The zero-order valence-electron chi connectivity index (χ0n) is 24.6. The fourth-order valence-corrected chi connectivity index (χ4v) is 5.64. The number of carbonyl (C=O) groups excluding carboxylic acids is 1. The van der Waals surface area contributed by atoms with Crippen molar-refractivity contribution in [1.29, 1.82) is 0 Å². The molecule has 9 heteroatoms. The van der Waals surface area contributed by atoms with Gasteiger partial charge in [0.05, 0.1) is 6.61 Å². The standard InChI is InChI=1S/C36H33N3O6/c1-24-17-19-25(20-18-24)33(42)37-30-21-22-39(35(43)38-30)34-32(41)31(40)29(45-34)23-44-36(26-11-5-2-6-12-26,27-13-7-3-8-14-27)28-15-9-4-10-16-28/h2-22,29,31-32,34,40-41H,23H2,1H3,(H,37,38,42,43)/t29-,31+,32-,34-/m1/s1. The third kappa shape index (κ3) is 6.07. The molecular weight excluding hydrogens is 570 g/mol. The van der Waals surface area contributed by atoms with Crippen LogP contribution in [0.2, 0.25) is 0 Å². The van der Waals surface area contributed by atoms with Gasteiger partial charge in [0.1, 0.15) is 29.7 Å². The van der Waals surface area contributed by atoms with Crippen LogP contribution in [0, 0.1) is 6.92 Å². The third-order valence-corrected chi connectivity index (χ3v) is 8.00. The van der Waals surface area contributed by atoms with Gasteiger partial charge in [0.2, 0.25) is 0 Å². The van der Waals surface area contributed by atoms with Gasteiger partial charge in [0, 0.05) is 11.8 Å². The van der Waals surface area contributed by atoms with Crippen LogP contribution in [-0.4, -0.2) is 50.6 Å². The number of anilines is 1. The average Bonchev–Trinajstić information content (AvgIpc) is 3.35. The van der Waals surface area contributed by atoms with Crippen LogP contribution >= 0.6 is 0 Å². The van der Waals surface area contributed by atoms with E-state index in [1.165, 1.54) is 12.3 Å². The maximum absolute atomic E-state index is 13.0. The van der Waals surface area contributed by atoms with Gasteiger partial charge in [-0.15, -0.1) is 0 Å². The van der Waals surface area contributed by atoms with E-state index in [0.29, 0.717) is 5.56 Å². The molecule has 9 nitrogen and oxygen atoms in total. The van der Waals surface area contributed by atoms with Gasteiger partial charge in [-0.2, -0.15) is 4.98 Å². The maximum atomic E-state index is 13.0. The largest absolute Gasteiger partial charge is 0.387 e. The molecule has 45 heavy (non-hydrogen) atoms. The van der Waals surface area contributed by atoms with Crippen molar-refractivity contribution in [1.82, 2.24) is 9.55 Å². The van der Waals surface area contributed by atoms with E-state index in [1.807, 2.05) is 110 Å². The van der Waals surface area contributed by atoms with Gasteiger partial charge in [-0.05, 0) is 41.8 Å². The molecule has 2 heterocycles. The van der Waals surface area contributed by atoms with Gasteiger partial charge in [0.25, 0.3) is 5.91 Å². The highest BCUT2D eigenvalue weighted by molar-refractivity contribution is 6.03. The van der Waals surface area contributed by atoms with Crippen molar-refractivity contribution in [2.24, 2.45) is 0 Å². The van der Waals surface area contributed by atoms with Crippen LogP contribution in [0.3, 0.4) is 0 Å². The first-order valence-electron chi connectivity index (χ1n) is 14.7. The van der Waals surface area contributed by atoms with Crippen molar-refractivity contribution < 1.29 is 24.5 Å². The zero-order chi connectivity index (χ0) is 31.4. The quantitative estimate of drug-likeness (QED) is 0.213. The molecule has 0 unspecified atom stereocenters. The molecule has 1 fully saturated rings. The summed E-state index contributed by atoms with van der Waals surface area (Å²) in [5.41, 5.74) is 2.22. The number of nitrogens with one attached hydrogen (secondary N) is 1. The zero-order valence-corrected chi connectivity index (χ0v) is 24.6. The molecular formula is C36H33N3O6. The number of amides is 1. The van der Waals surface area contributed by atoms with Gasteiger partial charge >= 0.3 is 5.69 Å². The fourth-order valence-electron chi connectivity index (χ4n) is 5.64. The van der Waals surface area contributed by atoms with Gasteiger partial charge in [0.15, 0.2) is 6.23 Å². The van der Waals surface area contributed by atoms with Crippen LogP contribution in [-0.2, 0) is 15.1 Å². The lowest BCUT2D eigenvalue weighted by Gasteiger charge is -2.37. The Morgan fingerprint density at radius 3 is 1.87 bits per heavy atom. The van der Waals surface area contributed by atoms with Crippen LogP contribution in [0.1, 0.15) is 38.8 Å². The van der Waals surface area contributed by atoms with E-state index in [4.69, 9.17) is 9.47 Å². The molecule has 0 spiro atoms. The number of aromatic nitrogens is 2.